The van der Waals surface area contributed by atoms with Crippen molar-refractivity contribution in [2.24, 2.45) is 0 Å². The van der Waals surface area contributed by atoms with E-state index < -0.39 is 79.7 Å². The third kappa shape index (κ3) is 5.24. The summed E-state index contributed by atoms with van der Waals surface area (Å²) in [4.78, 5) is 10.1. The maximum absolute atomic E-state index is 11.7. The van der Waals surface area contributed by atoms with Crippen LogP contribution in [0, 0.1) is 10.1 Å². The third-order valence-electron chi connectivity index (χ3n) is 4.08. The summed E-state index contributed by atoms with van der Waals surface area (Å²) in [6.07, 6.45) is -4.35. The Morgan fingerprint density at radius 2 is 1.92 bits per heavy atom. The van der Waals surface area contributed by atoms with Gasteiger partial charge in [0.1, 0.15) is 29.2 Å². The van der Waals surface area contributed by atoms with Gasteiger partial charge in [-0.15, -0.1) is 10.1 Å². The molecule has 0 aromatic rings. The van der Waals surface area contributed by atoms with Crippen molar-refractivity contribution in [3.05, 3.63) is 10.1 Å². The van der Waals surface area contributed by atoms with Crippen molar-refractivity contribution in [2.75, 3.05) is 19.0 Å². The molecule has 0 aromatic heterocycles. The zero-order valence-corrected chi connectivity index (χ0v) is 14.3. The van der Waals surface area contributed by atoms with Gasteiger partial charge >= 0.3 is 44.8 Å². The van der Waals surface area contributed by atoms with Crippen molar-refractivity contribution in [2.45, 2.75) is 42.0 Å². The van der Waals surface area contributed by atoms with Crippen molar-refractivity contribution in [1.29, 1.82) is 0 Å². The number of aliphatic hydroxyl groups excluding tert-OH is 1. The summed E-state index contributed by atoms with van der Waals surface area (Å²) in [7, 11) is -9.42. The van der Waals surface area contributed by atoms with Gasteiger partial charge in [-0.05, 0) is 12.8 Å². The molecule has 26 heavy (non-hydrogen) atoms. The van der Waals surface area contributed by atoms with Crippen LogP contribution >= 0.6 is 0 Å². The Labute approximate surface area is 170 Å². The number of nitrogens with zero attached hydrogens (tertiary/aromatic N) is 1. The quantitative estimate of drug-likeness (QED) is 0.151. The average molecular weight is 431 g/mol. The van der Waals surface area contributed by atoms with Gasteiger partial charge in [0.2, 0.25) is 0 Å². The van der Waals surface area contributed by atoms with Gasteiger partial charge in [0.05, 0.1) is 19.0 Å². The van der Waals surface area contributed by atoms with E-state index in [2.05, 4.69) is 4.28 Å². The number of rotatable bonds is 8. The van der Waals surface area contributed by atoms with E-state index in [1.165, 1.54) is 0 Å². The molecule has 0 radical (unpaired) electrons. The van der Waals surface area contributed by atoms with Crippen molar-refractivity contribution in [3.63, 3.8) is 0 Å². The summed E-state index contributed by atoms with van der Waals surface area (Å²) in [5, 5.41) is 27.0. The molecular formula is C10H18NNaO12S2. The van der Waals surface area contributed by atoms with Gasteiger partial charge in [0.25, 0.3) is 10.1 Å². The van der Waals surface area contributed by atoms with E-state index >= 15 is 0 Å². The Balaban J connectivity index is 0.00000338. The fourth-order valence-electron chi connectivity index (χ4n) is 3.04. The van der Waals surface area contributed by atoms with Crippen LogP contribution in [0.1, 0.15) is 12.8 Å². The molecular weight excluding hydrogens is 413 g/mol. The molecule has 16 heteroatoms. The van der Waals surface area contributed by atoms with Crippen molar-refractivity contribution in [3.8, 4) is 0 Å². The first-order valence-electron chi connectivity index (χ1n) is 7.03. The van der Waals surface area contributed by atoms with Crippen LogP contribution in [0.3, 0.4) is 0 Å². The minimum atomic E-state index is -4.86. The molecule has 1 unspecified atom stereocenters. The van der Waals surface area contributed by atoms with Crippen molar-refractivity contribution >= 4 is 49.8 Å². The van der Waals surface area contributed by atoms with Crippen LogP contribution in [0.15, 0.2) is 0 Å². The van der Waals surface area contributed by atoms with Crippen LogP contribution in [0.2, 0.25) is 0 Å². The SMILES string of the molecule is O=[N+]([O-])OS(=O)(=O)CCCC([C@]1(O)CO[C@@H]2[C@@H](O)CO[C@@H]21)S(=O)(=O)O.[NaH]. The Hall–Kier alpha value is -0.100. The number of hydrogen-bond donors (Lipinski definition) is 3. The monoisotopic (exact) mass is 431 g/mol. The molecule has 2 saturated heterocycles. The number of aliphatic hydroxyl groups is 2. The number of ether oxygens (including phenoxy) is 2. The molecule has 13 nitrogen and oxygen atoms in total. The number of hydrogen-bond acceptors (Lipinski definition) is 11. The second-order valence-electron chi connectivity index (χ2n) is 5.79. The average Bonchev–Trinajstić information content (AvgIpc) is 2.95. The van der Waals surface area contributed by atoms with Crippen LogP contribution in [0.4, 0.5) is 0 Å². The predicted octanol–water partition coefficient (Wildman–Crippen LogP) is -3.20. The van der Waals surface area contributed by atoms with Gasteiger partial charge in [-0.2, -0.15) is 12.7 Å². The topological polar surface area (TPSA) is 200 Å². The summed E-state index contributed by atoms with van der Waals surface area (Å²) in [6.45, 7) is -0.775. The molecule has 2 fully saturated rings. The molecule has 0 bridgehead atoms. The second-order valence-corrected chi connectivity index (χ2v) is 9.07. The van der Waals surface area contributed by atoms with Crippen molar-refractivity contribution < 1.29 is 50.4 Å². The molecule has 0 saturated carbocycles. The zero-order valence-electron chi connectivity index (χ0n) is 12.6. The molecule has 0 aliphatic carbocycles. The molecule has 0 spiro atoms. The fraction of sp³-hybridized carbons (Fsp3) is 1.00. The molecule has 2 heterocycles. The first-order valence-corrected chi connectivity index (χ1v) is 10.1. The summed E-state index contributed by atoms with van der Waals surface area (Å²) < 4.78 is 69.1. The maximum atomic E-state index is 11.7. The van der Waals surface area contributed by atoms with Crippen LogP contribution in [-0.2, 0) is 34.0 Å². The van der Waals surface area contributed by atoms with Crippen molar-refractivity contribution in [1.82, 2.24) is 0 Å². The molecule has 0 amide bonds. The normalized spacial score (nSPS) is 32.5. The summed E-state index contributed by atoms with van der Waals surface area (Å²) >= 11 is 0. The first kappa shape index (κ1) is 23.9. The third-order valence-corrected chi connectivity index (χ3v) is 6.58. The minimum absolute atomic E-state index is 0. The zero-order chi connectivity index (χ0) is 19.0. The Bertz CT molecular complexity index is 726. The van der Waals surface area contributed by atoms with Gasteiger partial charge in [-0.25, -0.2) is 8.42 Å². The van der Waals surface area contributed by atoms with E-state index in [1.54, 1.807) is 0 Å². The fourth-order valence-corrected chi connectivity index (χ4v) is 5.00. The summed E-state index contributed by atoms with van der Waals surface area (Å²) in [6, 6.07) is 0. The second kappa shape index (κ2) is 8.50. The van der Waals surface area contributed by atoms with Gasteiger partial charge in [-0.1, -0.05) is 0 Å². The molecule has 0 aromatic carbocycles. The molecule has 2 rings (SSSR count). The van der Waals surface area contributed by atoms with Crippen LogP contribution < -0.4 is 0 Å². The van der Waals surface area contributed by atoms with Gasteiger partial charge in [-0.3, -0.25) is 4.55 Å². The standard InChI is InChI=1S/C10H17NO12S2.Na.H/c12-6-4-21-9-8(6)22-5-10(9,13)7(25(18,19)20)2-1-3-24(16,17)23-11(14)15;;/h6-9,12-13H,1-5H2,(H,18,19,20);;/t6-,7?,8+,9-,10+;;/m0../s1. The van der Waals surface area contributed by atoms with Crippen LogP contribution in [0.5, 0.6) is 0 Å². The molecule has 2 aliphatic rings. The Morgan fingerprint density at radius 3 is 2.46 bits per heavy atom. The predicted molar refractivity (Wildman–Crippen MR) is 84.0 cm³/mol. The first-order chi connectivity index (χ1) is 11.4. The van der Waals surface area contributed by atoms with E-state index in [9.17, 15) is 41.7 Å². The Morgan fingerprint density at radius 1 is 1.31 bits per heavy atom. The van der Waals surface area contributed by atoms with E-state index in [0.29, 0.717) is 0 Å². The van der Waals surface area contributed by atoms with Crippen LogP contribution in [-0.4, -0.2) is 114 Å². The van der Waals surface area contributed by atoms with Gasteiger partial charge < -0.3 is 19.7 Å². The van der Waals surface area contributed by atoms with E-state index in [-0.39, 0.29) is 36.2 Å². The summed E-state index contributed by atoms with van der Waals surface area (Å²) in [5.41, 5.74) is -2.22. The van der Waals surface area contributed by atoms with Crippen LogP contribution in [0.25, 0.3) is 0 Å². The molecule has 3 N–H and O–H groups in total. The van der Waals surface area contributed by atoms with E-state index in [0.717, 1.165) is 0 Å². The molecule has 5 atom stereocenters. The molecule has 2 aliphatic heterocycles. The van der Waals surface area contributed by atoms with Gasteiger partial charge in [0, 0.05) is 0 Å². The van der Waals surface area contributed by atoms with E-state index in [4.69, 9.17) is 9.47 Å². The number of fused-ring (bicyclic) bond motifs is 1. The van der Waals surface area contributed by atoms with E-state index in [1.807, 2.05) is 0 Å². The van der Waals surface area contributed by atoms with Gasteiger partial charge in [0.15, 0.2) is 0 Å². The Kier molecular flexibility index (Phi) is 7.83. The molecule has 148 valence electrons. The summed E-state index contributed by atoms with van der Waals surface area (Å²) in [5.74, 6) is -0.908.